The van der Waals surface area contributed by atoms with Gasteiger partial charge in [0.1, 0.15) is 5.82 Å². The molecular formula is C22H19FN2O3. The molecule has 0 saturated heterocycles. The number of halogens is 1. The Balaban J connectivity index is 1.68. The molecule has 5 nitrogen and oxygen atoms in total. The van der Waals surface area contributed by atoms with E-state index >= 15 is 0 Å². The van der Waals surface area contributed by atoms with E-state index < -0.39 is 29.3 Å². The number of H-pyrrole nitrogens is 1. The SMILES string of the molecule is CC(=O)C1=C(O)C(=O)N(CCc2c[nH]c3ccccc23)[C@@H]1c1cccc(F)c1. The fraction of sp³-hybridized carbons (Fsp3) is 0.182. The van der Waals surface area contributed by atoms with E-state index in [4.69, 9.17) is 0 Å². The van der Waals surface area contributed by atoms with Crippen LogP contribution < -0.4 is 0 Å². The van der Waals surface area contributed by atoms with Gasteiger partial charge in [-0.25, -0.2) is 4.39 Å². The molecule has 1 atom stereocenters. The van der Waals surface area contributed by atoms with E-state index in [-0.39, 0.29) is 12.1 Å². The summed E-state index contributed by atoms with van der Waals surface area (Å²) in [4.78, 5) is 29.4. The van der Waals surface area contributed by atoms with Crippen molar-refractivity contribution >= 4 is 22.6 Å². The third kappa shape index (κ3) is 2.97. The molecule has 0 aliphatic carbocycles. The van der Waals surface area contributed by atoms with Gasteiger partial charge >= 0.3 is 0 Å². The summed E-state index contributed by atoms with van der Waals surface area (Å²) in [5, 5.41) is 11.4. The Hall–Kier alpha value is -3.41. The van der Waals surface area contributed by atoms with Crippen molar-refractivity contribution in [1.82, 2.24) is 9.88 Å². The minimum Gasteiger partial charge on any atom is -0.503 e. The van der Waals surface area contributed by atoms with Crippen LogP contribution in [-0.4, -0.2) is 33.2 Å². The number of aliphatic hydroxyl groups excluding tert-OH is 1. The molecule has 0 fully saturated rings. The Morgan fingerprint density at radius 3 is 2.75 bits per heavy atom. The molecule has 2 N–H and O–H groups in total. The number of carbonyl (C=O) groups excluding carboxylic acids is 2. The number of aliphatic hydroxyl groups is 1. The normalized spacial score (nSPS) is 17.0. The van der Waals surface area contributed by atoms with Crippen LogP contribution in [-0.2, 0) is 16.0 Å². The van der Waals surface area contributed by atoms with Crippen LogP contribution in [0.4, 0.5) is 4.39 Å². The molecule has 142 valence electrons. The number of aromatic amines is 1. The van der Waals surface area contributed by atoms with Crippen molar-refractivity contribution in [3.05, 3.63) is 83.0 Å². The summed E-state index contributed by atoms with van der Waals surface area (Å²) < 4.78 is 13.8. The third-order valence-electron chi connectivity index (χ3n) is 5.14. The van der Waals surface area contributed by atoms with E-state index in [0.29, 0.717) is 12.0 Å². The Bertz CT molecular complexity index is 1120. The first-order valence-corrected chi connectivity index (χ1v) is 9.03. The van der Waals surface area contributed by atoms with Gasteiger partial charge in [-0.2, -0.15) is 0 Å². The van der Waals surface area contributed by atoms with Crippen LogP contribution in [0.15, 0.2) is 66.1 Å². The number of hydrogen-bond acceptors (Lipinski definition) is 3. The zero-order chi connectivity index (χ0) is 19.8. The highest BCUT2D eigenvalue weighted by Gasteiger charge is 2.42. The molecule has 2 heterocycles. The number of Topliss-reactive ketones (excluding diaryl/α,β-unsaturated/α-hetero) is 1. The first kappa shape index (κ1) is 18.0. The monoisotopic (exact) mass is 378 g/mol. The average molecular weight is 378 g/mol. The lowest BCUT2D eigenvalue weighted by Crippen LogP contribution is -2.33. The number of aromatic nitrogens is 1. The maximum absolute atomic E-state index is 13.8. The van der Waals surface area contributed by atoms with Crippen LogP contribution in [0.5, 0.6) is 0 Å². The van der Waals surface area contributed by atoms with Gasteiger partial charge in [-0.3, -0.25) is 9.59 Å². The van der Waals surface area contributed by atoms with Crippen molar-refractivity contribution in [2.45, 2.75) is 19.4 Å². The Labute approximate surface area is 161 Å². The number of benzene rings is 2. The second-order valence-corrected chi connectivity index (χ2v) is 6.88. The molecule has 0 saturated carbocycles. The molecule has 1 aliphatic rings. The molecule has 3 aromatic rings. The highest BCUT2D eigenvalue weighted by atomic mass is 19.1. The summed E-state index contributed by atoms with van der Waals surface area (Å²) in [7, 11) is 0. The maximum atomic E-state index is 13.8. The Morgan fingerprint density at radius 1 is 1.21 bits per heavy atom. The van der Waals surface area contributed by atoms with Crippen molar-refractivity contribution in [2.75, 3.05) is 6.54 Å². The summed E-state index contributed by atoms with van der Waals surface area (Å²) in [6, 6.07) is 12.8. The summed E-state index contributed by atoms with van der Waals surface area (Å²) in [6.07, 6.45) is 2.42. The molecule has 1 amide bonds. The number of ketones is 1. The molecule has 28 heavy (non-hydrogen) atoms. The standard InChI is InChI=1S/C22H19FN2O3/c1-13(26)19-20(14-5-4-6-16(23)11-14)25(22(28)21(19)27)10-9-15-12-24-18-8-3-2-7-17(15)18/h2-8,11-12,20,24,27H,9-10H2,1H3/t20-/m1/s1. The topological polar surface area (TPSA) is 73.4 Å². The summed E-state index contributed by atoms with van der Waals surface area (Å²) in [5.41, 5.74) is 2.49. The van der Waals surface area contributed by atoms with Crippen LogP contribution in [0.25, 0.3) is 10.9 Å². The van der Waals surface area contributed by atoms with E-state index in [1.165, 1.54) is 30.0 Å². The smallest absolute Gasteiger partial charge is 0.290 e. The molecule has 1 aliphatic heterocycles. The molecule has 0 radical (unpaired) electrons. The van der Waals surface area contributed by atoms with Gasteiger partial charge in [-0.15, -0.1) is 0 Å². The minimum atomic E-state index is -0.800. The van der Waals surface area contributed by atoms with Gasteiger partial charge in [0.05, 0.1) is 11.6 Å². The molecule has 0 bridgehead atoms. The lowest BCUT2D eigenvalue weighted by molar-refractivity contribution is -0.129. The maximum Gasteiger partial charge on any atom is 0.290 e. The molecular weight excluding hydrogens is 359 g/mol. The van der Waals surface area contributed by atoms with Gasteiger partial charge in [-0.1, -0.05) is 30.3 Å². The van der Waals surface area contributed by atoms with Crippen molar-refractivity contribution in [3.8, 4) is 0 Å². The first-order valence-electron chi connectivity index (χ1n) is 9.03. The number of nitrogens with zero attached hydrogens (tertiary/aromatic N) is 1. The second kappa shape index (κ2) is 6.96. The minimum absolute atomic E-state index is 0.00882. The van der Waals surface area contributed by atoms with Crippen molar-refractivity contribution < 1.29 is 19.1 Å². The molecule has 6 heteroatoms. The summed E-state index contributed by atoms with van der Waals surface area (Å²) >= 11 is 0. The van der Waals surface area contributed by atoms with Crippen molar-refractivity contribution in [2.24, 2.45) is 0 Å². The van der Waals surface area contributed by atoms with Gasteiger partial charge in [0.2, 0.25) is 0 Å². The number of rotatable bonds is 5. The van der Waals surface area contributed by atoms with E-state index in [2.05, 4.69) is 4.98 Å². The number of nitrogens with one attached hydrogen (secondary N) is 1. The quantitative estimate of drug-likeness (QED) is 0.709. The van der Waals surface area contributed by atoms with E-state index in [1.807, 2.05) is 30.5 Å². The highest BCUT2D eigenvalue weighted by molar-refractivity contribution is 6.08. The van der Waals surface area contributed by atoms with Gasteiger partial charge in [-0.05, 0) is 42.7 Å². The van der Waals surface area contributed by atoms with Crippen molar-refractivity contribution in [1.29, 1.82) is 0 Å². The van der Waals surface area contributed by atoms with Gasteiger partial charge in [0, 0.05) is 23.6 Å². The summed E-state index contributed by atoms with van der Waals surface area (Å²) in [5.74, 6) is -2.04. The molecule has 0 unspecified atom stereocenters. The second-order valence-electron chi connectivity index (χ2n) is 6.88. The van der Waals surface area contributed by atoms with Crippen LogP contribution in [0, 0.1) is 5.82 Å². The lowest BCUT2D eigenvalue weighted by Gasteiger charge is -2.26. The Kier molecular flexibility index (Phi) is 4.47. The van der Waals surface area contributed by atoms with Gasteiger partial charge < -0.3 is 15.0 Å². The molecule has 1 aromatic heterocycles. The van der Waals surface area contributed by atoms with E-state index in [1.54, 1.807) is 6.07 Å². The predicted molar refractivity (Wildman–Crippen MR) is 103 cm³/mol. The fourth-order valence-corrected chi connectivity index (χ4v) is 3.85. The van der Waals surface area contributed by atoms with Crippen LogP contribution in [0.3, 0.4) is 0 Å². The number of para-hydroxylation sites is 1. The van der Waals surface area contributed by atoms with E-state index in [0.717, 1.165) is 16.5 Å². The first-order chi connectivity index (χ1) is 13.5. The molecule has 0 spiro atoms. The van der Waals surface area contributed by atoms with E-state index in [9.17, 15) is 19.1 Å². The van der Waals surface area contributed by atoms with Gasteiger partial charge in [0.25, 0.3) is 5.91 Å². The zero-order valence-corrected chi connectivity index (χ0v) is 15.3. The molecule has 2 aromatic carbocycles. The number of fused-ring (bicyclic) bond motifs is 1. The highest BCUT2D eigenvalue weighted by Crippen LogP contribution is 2.38. The van der Waals surface area contributed by atoms with Gasteiger partial charge in [0.15, 0.2) is 11.5 Å². The molecule has 4 rings (SSSR count). The Morgan fingerprint density at radius 2 is 2.00 bits per heavy atom. The van der Waals surface area contributed by atoms with Crippen molar-refractivity contribution in [3.63, 3.8) is 0 Å². The number of carbonyl (C=O) groups is 2. The largest absolute Gasteiger partial charge is 0.503 e. The summed E-state index contributed by atoms with van der Waals surface area (Å²) in [6.45, 7) is 1.58. The average Bonchev–Trinajstić information content (AvgIpc) is 3.19. The third-order valence-corrected chi connectivity index (χ3v) is 5.14. The number of hydrogen-bond donors (Lipinski definition) is 2. The van der Waals surface area contributed by atoms with Crippen LogP contribution in [0.1, 0.15) is 24.1 Å². The zero-order valence-electron chi connectivity index (χ0n) is 15.3. The lowest BCUT2D eigenvalue weighted by atomic mass is 9.96. The van der Waals surface area contributed by atoms with Crippen LogP contribution in [0.2, 0.25) is 0 Å². The van der Waals surface area contributed by atoms with Crippen LogP contribution >= 0.6 is 0 Å². The number of amides is 1. The predicted octanol–water partition coefficient (Wildman–Crippen LogP) is 3.83. The fourth-order valence-electron chi connectivity index (χ4n) is 3.85.